The van der Waals surface area contributed by atoms with Gasteiger partial charge in [0.2, 0.25) is 0 Å². The molecule has 1 heterocycles. The summed E-state index contributed by atoms with van der Waals surface area (Å²) in [6.07, 6.45) is 1.60. The molecule has 1 rings (SSSR count). The van der Waals surface area contributed by atoms with Gasteiger partial charge < -0.3 is 10.9 Å². The molecule has 1 aromatic heterocycles. The number of hydrogen-bond donors (Lipinski definition) is 2. The van der Waals surface area contributed by atoms with Crippen LogP contribution in [0.3, 0.4) is 0 Å². The lowest BCUT2D eigenvalue weighted by molar-refractivity contribution is 0.318. The molecule has 0 unspecified atom stereocenters. The molecule has 0 atom stereocenters. The summed E-state index contributed by atoms with van der Waals surface area (Å²) in [5.74, 6) is 0. The van der Waals surface area contributed by atoms with E-state index in [2.05, 4.69) is 5.16 Å². The lowest BCUT2D eigenvalue weighted by atomic mass is 10.2. The van der Waals surface area contributed by atoms with Crippen molar-refractivity contribution in [2.45, 2.75) is 12.8 Å². The fraction of sp³-hybridized carbons (Fsp3) is 0.375. The first-order valence-corrected chi connectivity index (χ1v) is 4.71. The second kappa shape index (κ2) is 6.88. The Labute approximate surface area is 87.7 Å². The summed E-state index contributed by atoms with van der Waals surface area (Å²) in [5.41, 5.74) is 6.08. The molecule has 0 spiro atoms. The first-order valence-electron chi connectivity index (χ1n) is 3.83. The van der Waals surface area contributed by atoms with E-state index >= 15 is 0 Å². The Bertz CT molecular complexity index is 249. The van der Waals surface area contributed by atoms with Gasteiger partial charge in [0.05, 0.1) is 10.6 Å². The monoisotopic (exact) mass is 220 g/mol. The molecule has 0 saturated carbocycles. The molecule has 1 aromatic rings. The molecular weight excluding hydrogens is 208 g/mol. The fourth-order valence-electron chi connectivity index (χ4n) is 0.935. The van der Waals surface area contributed by atoms with Crippen LogP contribution in [0.5, 0.6) is 0 Å². The highest BCUT2D eigenvalue weighted by Crippen LogP contribution is 2.12. The maximum absolute atomic E-state index is 8.68. The van der Waals surface area contributed by atoms with Gasteiger partial charge in [0.25, 0.3) is 0 Å². The topological polar surface area (TPSA) is 58.6 Å². The van der Waals surface area contributed by atoms with E-state index in [1.165, 1.54) is 0 Å². The summed E-state index contributed by atoms with van der Waals surface area (Å²) in [7, 11) is 0. The van der Waals surface area contributed by atoms with Crippen molar-refractivity contribution in [3.63, 3.8) is 0 Å². The Morgan fingerprint density at radius 3 is 2.85 bits per heavy atom. The zero-order valence-corrected chi connectivity index (χ0v) is 8.77. The first-order chi connectivity index (χ1) is 5.88. The van der Waals surface area contributed by atoms with Crippen molar-refractivity contribution in [1.29, 1.82) is 0 Å². The SMILES string of the molecule is Cl.NCCC/C(=N/O)c1cccs1. The predicted molar refractivity (Wildman–Crippen MR) is 58.2 cm³/mol. The van der Waals surface area contributed by atoms with Crippen molar-refractivity contribution < 1.29 is 5.21 Å². The molecule has 3 nitrogen and oxygen atoms in total. The molecule has 13 heavy (non-hydrogen) atoms. The molecule has 0 amide bonds. The van der Waals surface area contributed by atoms with Crippen LogP contribution in [-0.2, 0) is 0 Å². The van der Waals surface area contributed by atoms with Crippen molar-refractivity contribution in [1.82, 2.24) is 0 Å². The molecule has 74 valence electrons. The van der Waals surface area contributed by atoms with Gasteiger partial charge in [-0.25, -0.2) is 0 Å². The largest absolute Gasteiger partial charge is 0.411 e. The molecule has 0 fully saturated rings. The predicted octanol–water partition coefficient (Wildman–Crippen LogP) is 2.09. The Kier molecular flexibility index (Phi) is 6.58. The molecule has 0 aromatic carbocycles. The standard InChI is InChI=1S/C8H12N2OS.ClH/c9-5-1-3-7(10-11)8-4-2-6-12-8;/h2,4,6,11H,1,3,5,9H2;1H/b10-7-;. The summed E-state index contributed by atoms with van der Waals surface area (Å²) < 4.78 is 0. The van der Waals surface area contributed by atoms with Gasteiger partial charge in [-0.3, -0.25) is 0 Å². The molecular formula is C8H13ClN2OS. The van der Waals surface area contributed by atoms with Gasteiger partial charge in [-0.1, -0.05) is 11.2 Å². The molecule has 0 aliphatic rings. The maximum atomic E-state index is 8.68. The third-order valence-electron chi connectivity index (χ3n) is 1.54. The molecule has 3 N–H and O–H groups in total. The van der Waals surface area contributed by atoms with Crippen molar-refractivity contribution in [2.24, 2.45) is 10.9 Å². The van der Waals surface area contributed by atoms with Crippen LogP contribution in [0.15, 0.2) is 22.7 Å². The van der Waals surface area contributed by atoms with Gasteiger partial charge in [0, 0.05) is 0 Å². The minimum Gasteiger partial charge on any atom is -0.411 e. The van der Waals surface area contributed by atoms with E-state index in [0.717, 1.165) is 23.4 Å². The number of hydrogen-bond acceptors (Lipinski definition) is 4. The minimum atomic E-state index is 0. The quantitative estimate of drug-likeness (QED) is 0.464. The minimum absolute atomic E-state index is 0. The normalized spacial score (nSPS) is 11.0. The lowest BCUT2D eigenvalue weighted by Gasteiger charge is -1.98. The van der Waals surface area contributed by atoms with Gasteiger partial charge in [0.1, 0.15) is 0 Å². The Morgan fingerprint density at radius 2 is 2.38 bits per heavy atom. The van der Waals surface area contributed by atoms with Crippen LogP contribution in [0.2, 0.25) is 0 Å². The highest BCUT2D eigenvalue weighted by molar-refractivity contribution is 7.12. The summed E-state index contributed by atoms with van der Waals surface area (Å²) >= 11 is 1.57. The second-order valence-corrected chi connectivity index (χ2v) is 3.36. The van der Waals surface area contributed by atoms with E-state index < -0.39 is 0 Å². The summed E-state index contributed by atoms with van der Waals surface area (Å²) in [4.78, 5) is 1.02. The number of thiophene rings is 1. The Hall–Kier alpha value is -0.580. The fourth-order valence-corrected chi connectivity index (χ4v) is 1.67. The smallest absolute Gasteiger partial charge is 0.0967 e. The molecule has 0 bridgehead atoms. The van der Waals surface area contributed by atoms with Gasteiger partial charge in [0.15, 0.2) is 0 Å². The van der Waals surface area contributed by atoms with Crippen LogP contribution in [0.4, 0.5) is 0 Å². The van der Waals surface area contributed by atoms with Crippen LogP contribution in [0.25, 0.3) is 0 Å². The van der Waals surface area contributed by atoms with Gasteiger partial charge in [-0.05, 0) is 30.8 Å². The number of rotatable bonds is 4. The van der Waals surface area contributed by atoms with Crippen LogP contribution in [0.1, 0.15) is 17.7 Å². The van der Waals surface area contributed by atoms with Crippen molar-refractivity contribution in [2.75, 3.05) is 6.54 Å². The van der Waals surface area contributed by atoms with Gasteiger partial charge in [-0.15, -0.1) is 23.7 Å². The van der Waals surface area contributed by atoms with Crippen LogP contribution in [-0.4, -0.2) is 17.5 Å². The zero-order chi connectivity index (χ0) is 8.81. The average Bonchev–Trinajstić information content (AvgIpc) is 2.59. The maximum Gasteiger partial charge on any atom is 0.0967 e. The van der Waals surface area contributed by atoms with Crippen molar-refractivity contribution >= 4 is 29.5 Å². The Morgan fingerprint density at radius 1 is 1.62 bits per heavy atom. The van der Waals surface area contributed by atoms with Gasteiger partial charge in [-0.2, -0.15) is 0 Å². The van der Waals surface area contributed by atoms with Crippen molar-refractivity contribution in [3.05, 3.63) is 22.4 Å². The van der Waals surface area contributed by atoms with Crippen LogP contribution in [0, 0.1) is 0 Å². The highest BCUT2D eigenvalue weighted by Gasteiger charge is 2.03. The van der Waals surface area contributed by atoms with E-state index in [-0.39, 0.29) is 12.4 Å². The average molecular weight is 221 g/mol. The zero-order valence-electron chi connectivity index (χ0n) is 7.14. The Balaban J connectivity index is 0.00000144. The number of nitrogens with two attached hydrogens (primary N) is 1. The van der Waals surface area contributed by atoms with Gasteiger partial charge >= 0.3 is 0 Å². The first kappa shape index (κ1) is 12.4. The van der Waals surface area contributed by atoms with Crippen molar-refractivity contribution in [3.8, 4) is 0 Å². The van der Waals surface area contributed by atoms with E-state index in [1.54, 1.807) is 11.3 Å². The van der Waals surface area contributed by atoms with E-state index in [9.17, 15) is 0 Å². The highest BCUT2D eigenvalue weighted by atomic mass is 35.5. The molecule has 0 saturated heterocycles. The summed E-state index contributed by atoms with van der Waals surface area (Å²) in [6.45, 7) is 0.629. The molecule has 5 heteroatoms. The molecule has 0 radical (unpaired) electrons. The van der Waals surface area contributed by atoms with E-state index in [0.29, 0.717) is 6.54 Å². The molecule has 0 aliphatic carbocycles. The third-order valence-corrected chi connectivity index (χ3v) is 2.46. The summed E-state index contributed by atoms with van der Waals surface area (Å²) in [6, 6.07) is 3.88. The number of halogens is 1. The van der Waals surface area contributed by atoms with Crippen LogP contribution < -0.4 is 5.73 Å². The number of nitrogens with zero attached hydrogens (tertiary/aromatic N) is 1. The second-order valence-electron chi connectivity index (χ2n) is 2.42. The molecule has 0 aliphatic heterocycles. The lowest BCUT2D eigenvalue weighted by Crippen LogP contribution is -2.04. The number of oxime groups is 1. The van der Waals surface area contributed by atoms with Crippen LogP contribution >= 0.6 is 23.7 Å². The van der Waals surface area contributed by atoms with E-state index in [1.807, 2.05) is 17.5 Å². The third kappa shape index (κ3) is 3.76. The van der Waals surface area contributed by atoms with E-state index in [4.69, 9.17) is 10.9 Å². The summed E-state index contributed by atoms with van der Waals surface area (Å²) in [5, 5.41) is 13.9.